The van der Waals surface area contributed by atoms with Crippen LogP contribution >= 0.6 is 11.6 Å². The summed E-state index contributed by atoms with van der Waals surface area (Å²) in [6.45, 7) is 2.01. The predicted octanol–water partition coefficient (Wildman–Crippen LogP) is 3.20. The molecule has 18 heavy (non-hydrogen) atoms. The lowest BCUT2D eigenvalue weighted by molar-refractivity contribution is 0.256. The zero-order valence-corrected chi connectivity index (χ0v) is 11.6. The number of hydrogen-bond acceptors (Lipinski definition) is 3. The first-order valence-corrected chi connectivity index (χ1v) is 7.73. The van der Waals surface area contributed by atoms with Crippen molar-refractivity contribution in [1.29, 1.82) is 5.26 Å². The van der Waals surface area contributed by atoms with Gasteiger partial charge < -0.3 is 0 Å². The fourth-order valence-electron chi connectivity index (χ4n) is 2.37. The summed E-state index contributed by atoms with van der Waals surface area (Å²) in [4.78, 5) is 0.183. The quantitative estimate of drug-likeness (QED) is 0.856. The van der Waals surface area contributed by atoms with E-state index in [9.17, 15) is 13.7 Å². The van der Waals surface area contributed by atoms with E-state index in [2.05, 4.69) is 0 Å². The molecule has 0 aromatic heterocycles. The molecule has 1 fully saturated rings. The molecule has 1 saturated carbocycles. The van der Waals surface area contributed by atoms with Gasteiger partial charge in [0.25, 0.3) is 0 Å². The molecule has 1 aromatic carbocycles. The van der Waals surface area contributed by atoms with Gasteiger partial charge in [0, 0.05) is 5.02 Å². The number of nitrogens with zero attached hydrogens (tertiary/aromatic N) is 1. The minimum absolute atomic E-state index is 0.183. The molecule has 0 bridgehead atoms. The van der Waals surface area contributed by atoms with E-state index in [1.54, 1.807) is 0 Å². The van der Waals surface area contributed by atoms with Gasteiger partial charge in [-0.05, 0) is 43.0 Å². The van der Waals surface area contributed by atoms with Crippen LogP contribution in [0.2, 0.25) is 5.02 Å². The molecule has 0 unspecified atom stereocenters. The zero-order chi connectivity index (χ0) is 13.4. The molecule has 2 rings (SSSR count). The summed E-state index contributed by atoms with van der Waals surface area (Å²) in [5.41, 5.74) is 0. The first-order chi connectivity index (χ1) is 8.45. The third kappa shape index (κ3) is 1.92. The lowest BCUT2D eigenvalue weighted by Gasteiger charge is -2.41. The van der Waals surface area contributed by atoms with Gasteiger partial charge in [0.1, 0.15) is 0 Å². The molecule has 0 spiro atoms. The molecule has 0 atom stereocenters. The molecule has 5 heteroatoms. The van der Waals surface area contributed by atoms with Gasteiger partial charge >= 0.3 is 0 Å². The van der Waals surface area contributed by atoms with Gasteiger partial charge in [-0.1, -0.05) is 24.9 Å². The number of hydrogen-bond donors (Lipinski definition) is 0. The minimum atomic E-state index is -3.59. The molecule has 1 aliphatic carbocycles. The summed E-state index contributed by atoms with van der Waals surface area (Å²) in [5, 5.41) is 9.73. The van der Waals surface area contributed by atoms with Crippen molar-refractivity contribution in [1.82, 2.24) is 0 Å². The third-order valence-corrected chi connectivity index (χ3v) is 6.25. The maximum absolute atomic E-state index is 12.5. The van der Waals surface area contributed by atoms with E-state index >= 15 is 0 Å². The second kappa shape index (κ2) is 4.56. The molecule has 1 aliphatic rings. The molecule has 0 N–H and O–H groups in total. The molecule has 1 aromatic rings. The van der Waals surface area contributed by atoms with Crippen molar-refractivity contribution in [3.63, 3.8) is 0 Å². The van der Waals surface area contributed by atoms with Crippen molar-refractivity contribution in [2.45, 2.75) is 35.8 Å². The molecule has 3 nitrogen and oxygen atoms in total. The summed E-state index contributed by atoms with van der Waals surface area (Å²) in [6.07, 6.45) is 1.79. The van der Waals surface area contributed by atoms with Crippen LogP contribution < -0.4 is 0 Å². The zero-order valence-electron chi connectivity index (χ0n) is 10.1. The van der Waals surface area contributed by atoms with Gasteiger partial charge in [0.15, 0.2) is 14.6 Å². The minimum Gasteiger partial charge on any atom is -0.222 e. The highest BCUT2D eigenvalue weighted by molar-refractivity contribution is 7.93. The Bertz CT molecular complexity index is 580. The summed E-state index contributed by atoms with van der Waals surface area (Å²) in [6, 6.07) is 8.02. The summed E-state index contributed by atoms with van der Waals surface area (Å²) >= 11 is 5.74. The number of halogens is 1. The van der Waals surface area contributed by atoms with E-state index in [1.807, 2.05) is 13.0 Å². The Morgan fingerprint density at radius 1 is 1.39 bits per heavy atom. The van der Waals surface area contributed by atoms with Crippen molar-refractivity contribution in [3.05, 3.63) is 29.3 Å². The van der Waals surface area contributed by atoms with E-state index in [-0.39, 0.29) is 4.90 Å². The van der Waals surface area contributed by atoms with E-state index in [0.29, 0.717) is 23.8 Å². The molecule has 0 radical (unpaired) electrons. The van der Waals surface area contributed by atoms with Crippen LogP contribution in [0.1, 0.15) is 26.2 Å². The lowest BCUT2D eigenvalue weighted by Crippen LogP contribution is -2.49. The van der Waals surface area contributed by atoms with Crippen LogP contribution in [0, 0.1) is 17.2 Å². The summed E-state index contributed by atoms with van der Waals surface area (Å²) in [5.74, 6) is 0.340. The Hall–Kier alpha value is -1.05. The van der Waals surface area contributed by atoms with Gasteiger partial charge in [-0.25, -0.2) is 8.42 Å². The van der Waals surface area contributed by atoms with Crippen molar-refractivity contribution < 1.29 is 8.42 Å². The molecule has 0 heterocycles. The van der Waals surface area contributed by atoms with Crippen LogP contribution in [-0.2, 0) is 9.84 Å². The first kappa shape index (κ1) is 13.4. The third-order valence-electron chi connectivity index (χ3n) is 3.66. The van der Waals surface area contributed by atoms with Crippen LogP contribution in [0.3, 0.4) is 0 Å². The maximum atomic E-state index is 12.5. The Morgan fingerprint density at radius 2 is 1.94 bits per heavy atom. The van der Waals surface area contributed by atoms with Crippen LogP contribution in [-0.4, -0.2) is 13.2 Å². The molecule has 0 saturated heterocycles. The number of rotatable bonds is 3. The fraction of sp³-hybridized carbons (Fsp3) is 0.462. The van der Waals surface area contributed by atoms with Crippen LogP contribution in [0.5, 0.6) is 0 Å². The van der Waals surface area contributed by atoms with Gasteiger partial charge in [0.05, 0.1) is 11.0 Å². The van der Waals surface area contributed by atoms with Gasteiger partial charge in [-0.3, -0.25) is 0 Å². The van der Waals surface area contributed by atoms with Crippen molar-refractivity contribution in [2.75, 3.05) is 0 Å². The molecular formula is C13H14ClNO2S. The molecular weight excluding hydrogens is 270 g/mol. The highest BCUT2D eigenvalue weighted by Gasteiger charge is 2.54. The Kier molecular flexibility index (Phi) is 3.39. The second-order valence-corrected chi connectivity index (χ2v) is 7.44. The van der Waals surface area contributed by atoms with Crippen LogP contribution in [0.4, 0.5) is 0 Å². The average Bonchev–Trinajstić information content (AvgIpc) is 2.29. The van der Waals surface area contributed by atoms with E-state index in [0.717, 1.165) is 6.42 Å². The summed E-state index contributed by atoms with van der Waals surface area (Å²) < 4.78 is 23.7. The van der Waals surface area contributed by atoms with Crippen molar-refractivity contribution >= 4 is 21.4 Å². The molecule has 0 aliphatic heterocycles. The largest absolute Gasteiger partial charge is 0.222 e. The van der Waals surface area contributed by atoms with E-state index in [4.69, 9.17) is 11.6 Å². The van der Waals surface area contributed by atoms with Crippen molar-refractivity contribution in [2.24, 2.45) is 5.92 Å². The number of benzene rings is 1. The SMILES string of the molecule is CCC1CC(C#N)(S(=O)(=O)c2ccc(Cl)cc2)C1. The van der Waals surface area contributed by atoms with E-state index in [1.165, 1.54) is 24.3 Å². The summed E-state index contributed by atoms with van der Waals surface area (Å²) in [7, 11) is -3.59. The smallest absolute Gasteiger partial charge is 0.197 e. The topological polar surface area (TPSA) is 57.9 Å². The standard InChI is InChI=1S/C13H14ClNO2S/c1-2-10-7-13(8-10,9-15)18(16,17)12-5-3-11(14)4-6-12/h3-6,10H,2,7-8H2,1H3. The Labute approximate surface area is 112 Å². The van der Waals surface area contributed by atoms with Crippen LogP contribution in [0.15, 0.2) is 29.2 Å². The highest BCUT2D eigenvalue weighted by Crippen LogP contribution is 2.47. The monoisotopic (exact) mass is 283 g/mol. The fourth-order valence-corrected chi connectivity index (χ4v) is 4.47. The Balaban J connectivity index is 2.37. The van der Waals surface area contributed by atoms with Gasteiger partial charge in [-0.15, -0.1) is 0 Å². The van der Waals surface area contributed by atoms with Crippen molar-refractivity contribution in [3.8, 4) is 6.07 Å². The lowest BCUT2D eigenvalue weighted by atomic mass is 9.73. The van der Waals surface area contributed by atoms with Crippen LogP contribution in [0.25, 0.3) is 0 Å². The highest BCUT2D eigenvalue weighted by atomic mass is 35.5. The van der Waals surface area contributed by atoms with E-state index < -0.39 is 14.6 Å². The predicted molar refractivity (Wildman–Crippen MR) is 70.0 cm³/mol. The maximum Gasteiger partial charge on any atom is 0.197 e. The number of sulfone groups is 1. The molecule has 0 amide bonds. The first-order valence-electron chi connectivity index (χ1n) is 5.86. The Morgan fingerprint density at radius 3 is 2.39 bits per heavy atom. The number of nitriles is 1. The van der Waals surface area contributed by atoms with Gasteiger partial charge in [-0.2, -0.15) is 5.26 Å². The average molecular weight is 284 g/mol. The van der Waals surface area contributed by atoms with Gasteiger partial charge in [0.2, 0.25) is 0 Å². The second-order valence-electron chi connectivity index (χ2n) is 4.75. The molecule has 96 valence electrons. The normalized spacial score (nSPS) is 27.3.